The summed E-state index contributed by atoms with van der Waals surface area (Å²) in [5.74, 6) is 1.93. The molecule has 3 aromatic rings. The van der Waals surface area contributed by atoms with Crippen molar-refractivity contribution in [1.82, 2.24) is 24.8 Å². The van der Waals surface area contributed by atoms with Gasteiger partial charge in [-0.15, -0.1) is 37.2 Å². The smallest absolute Gasteiger partial charge is 0.231 e. The number of halogens is 4. The molecule has 3 N–H and O–H groups in total. The van der Waals surface area contributed by atoms with Crippen LogP contribution in [-0.4, -0.2) is 38.9 Å². The molecule has 4 rings (SSSR count). The van der Waals surface area contributed by atoms with Crippen molar-refractivity contribution in [1.29, 1.82) is 0 Å². The molecule has 1 aliphatic heterocycles. The van der Waals surface area contributed by atoms with Crippen molar-refractivity contribution in [2.75, 3.05) is 19.1 Å². The zero-order chi connectivity index (χ0) is 19.7. The number of ether oxygens (including phenoxy) is 2. The second-order valence-electron chi connectivity index (χ2n) is 6.68. The van der Waals surface area contributed by atoms with Gasteiger partial charge in [0.05, 0.1) is 0 Å². The molecule has 0 unspecified atom stereocenters. The highest BCUT2D eigenvalue weighted by Crippen LogP contribution is 2.41. The predicted molar refractivity (Wildman–Crippen MR) is 139 cm³/mol. The van der Waals surface area contributed by atoms with Crippen LogP contribution in [0, 0.1) is 3.57 Å². The van der Waals surface area contributed by atoms with Crippen LogP contribution >= 0.6 is 71.6 Å². The standard InChI is InChI=1S/C18H21IN6O2S.3ClH/c1-10(2)21-4-3-5-25-17-15(16(20)22-8-23-17)24-18(25)28-14-7-13-12(6-11(14)19)26-9-27-13;;;/h6-8,10,21H,3-5,9H2,1-2H3,(H2,20,22,23);3*1H. The molecule has 0 fully saturated rings. The van der Waals surface area contributed by atoms with E-state index in [9.17, 15) is 0 Å². The summed E-state index contributed by atoms with van der Waals surface area (Å²) in [6.45, 7) is 6.25. The number of fused-ring (bicyclic) bond motifs is 2. The fraction of sp³-hybridized carbons (Fsp3) is 0.389. The van der Waals surface area contributed by atoms with Crippen molar-refractivity contribution >= 4 is 88.6 Å². The quantitative estimate of drug-likeness (QED) is 0.293. The highest BCUT2D eigenvalue weighted by molar-refractivity contribution is 14.1. The van der Waals surface area contributed by atoms with Crippen LogP contribution in [0.3, 0.4) is 0 Å². The second-order valence-corrected chi connectivity index (χ2v) is 8.85. The topological polar surface area (TPSA) is 100 Å². The molecule has 3 heterocycles. The van der Waals surface area contributed by atoms with Gasteiger partial charge in [0.1, 0.15) is 6.33 Å². The molecule has 1 aromatic carbocycles. The first kappa shape index (κ1) is 28.1. The summed E-state index contributed by atoms with van der Waals surface area (Å²) in [4.78, 5) is 14.3. The van der Waals surface area contributed by atoms with E-state index in [1.165, 1.54) is 6.33 Å². The Morgan fingerprint density at radius 3 is 2.61 bits per heavy atom. The summed E-state index contributed by atoms with van der Waals surface area (Å²) in [5.41, 5.74) is 7.44. The summed E-state index contributed by atoms with van der Waals surface area (Å²) >= 11 is 3.87. The summed E-state index contributed by atoms with van der Waals surface area (Å²) in [6.07, 6.45) is 2.44. The van der Waals surface area contributed by atoms with E-state index < -0.39 is 0 Å². The number of rotatable bonds is 7. The molecule has 0 radical (unpaired) electrons. The lowest BCUT2D eigenvalue weighted by molar-refractivity contribution is 0.174. The molecule has 0 bridgehead atoms. The van der Waals surface area contributed by atoms with Crippen LogP contribution in [-0.2, 0) is 6.54 Å². The normalized spacial score (nSPS) is 11.7. The average Bonchev–Trinajstić information content (AvgIpc) is 3.24. The molecule has 8 nitrogen and oxygen atoms in total. The van der Waals surface area contributed by atoms with Crippen LogP contribution in [0.25, 0.3) is 11.2 Å². The lowest BCUT2D eigenvalue weighted by atomic mass is 10.3. The summed E-state index contributed by atoms with van der Waals surface area (Å²) < 4.78 is 14.2. The van der Waals surface area contributed by atoms with Crippen molar-refractivity contribution in [3.05, 3.63) is 22.0 Å². The van der Waals surface area contributed by atoms with Gasteiger partial charge in [-0.2, -0.15) is 0 Å². The molecule has 0 atom stereocenters. The summed E-state index contributed by atoms with van der Waals surface area (Å²) in [5, 5.41) is 4.28. The highest BCUT2D eigenvalue weighted by Gasteiger charge is 2.20. The Morgan fingerprint density at radius 1 is 1.19 bits per heavy atom. The van der Waals surface area contributed by atoms with E-state index in [1.54, 1.807) is 11.8 Å². The van der Waals surface area contributed by atoms with Crippen LogP contribution in [0.5, 0.6) is 11.5 Å². The summed E-state index contributed by atoms with van der Waals surface area (Å²) in [7, 11) is 0. The van der Waals surface area contributed by atoms with Crippen LogP contribution in [0.15, 0.2) is 28.5 Å². The van der Waals surface area contributed by atoms with Crippen molar-refractivity contribution < 1.29 is 9.47 Å². The number of hydrogen-bond donors (Lipinski definition) is 2. The Morgan fingerprint density at radius 2 is 1.90 bits per heavy atom. The third-order valence-corrected chi connectivity index (χ3v) is 6.58. The highest BCUT2D eigenvalue weighted by atomic mass is 127. The number of hydrogen-bond acceptors (Lipinski definition) is 8. The molecular formula is C18H24Cl3IN6O2S. The fourth-order valence-corrected chi connectivity index (χ4v) is 4.63. The predicted octanol–water partition coefficient (Wildman–Crippen LogP) is 4.55. The third-order valence-electron chi connectivity index (χ3n) is 4.26. The zero-order valence-corrected chi connectivity index (χ0v) is 22.3. The number of imidazole rings is 1. The largest absolute Gasteiger partial charge is 0.454 e. The molecule has 0 saturated carbocycles. The van der Waals surface area contributed by atoms with Crippen molar-refractivity contribution in [3.63, 3.8) is 0 Å². The van der Waals surface area contributed by atoms with Crippen LogP contribution < -0.4 is 20.5 Å². The Balaban J connectivity index is 0.00000160. The van der Waals surface area contributed by atoms with Gasteiger partial charge in [0.15, 0.2) is 33.6 Å². The van der Waals surface area contributed by atoms with Crippen molar-refractivity contribution in [2.45, 2.75) is 42.9 Å². The maximum Gasteiger partial charge on any atom is 0.231 e. The summed E-state index contributed by atoms with van der Waals surface area (Å²) in [6, 6.07) is 4.44. The van der Waals surface area contributed by atoms with E-state index in [4.69, 9.17) is 20.2 Å². The van der Waals surface area contributed by atoms with E-state index in [0.717, 1.165) is 50.3 Å². The molecule has 1 aliphatic rings. The van der Waals surface area contributed by atoms with Gasteiger partial charge >= 0.3 is 0 Å². The van der Waals surface area contributed by atoms with E-state index in [-0.39, 0.29) is 44.0 Å². The van der Waals surface area contributed by atoms with Crippen molar-refractivity contribution in [3.8, 4) is 11.5 Å². The fourth-order valence-electron chi connectivity index (χ4n) is 2.92. The van der Waals surface area contributed by atoms with Gasteiger partial charge in [0.2, 0.25) is 6.79 Å². The SMILES string of the molecule is CC(C)NCCCn1c(Sc2cc3c(cc2I)OCO3)nc2c(N)ncnc21.Cl.Cl.Cl. The van der Waals surface area contributed by atoms with Crippen molar-refractivity contribution in [2.24, 2.45) is 0 Å². The van der Waals surface area contributed by atoms with Crippen LogP contribution in [0.2, 0.25) is 0 Å². The van der Waals surface area contributed by atoms with Gasteiger partial charge in [-0.1, -0.05) is 25.6 Å². The minimum Gasteiger partial charge on any atom is -0.454 e. The lowest BCUT2D eigenvalue weighted by Crippen LogP contribution is -2.24. The zero-order valence-electron chi connectivity index (χ0n) is 16.8. The van der Waals surface area contributed by atoms with Crippen LogP contribution in [0.4, 0.5) is 5.82 Å². The van der Waals surface area contributed by atoms with Gasteiger partial charge < -0.3 is 25.1 Å². The van der Waals surface area contributed by atoms with Gasteiger partial charge in [-0.05, 0) is 47.7 Å². The monoisotopic (exact) mass is 620 g/mol. The van der Waals surface area contributed by atoms with E-state index in [2.05, 4.69) is 56.3 Å². The lowest BCUT2D eigenvalue weighted by Gasteiger charge is -2.11. The first-order chi connectivity index (χ1) is 13.5. The third kappa shape index (κ3) is 6.32. The maximum atomic E-state index is 6.04. The van der Waals surface area contributed by atoms with Gasteiger partial charge in [-0.25, -0.2) is 15.0 Å². The number of nitrogen functional groups attached to an aromatic ring is 1. The number of nitrogens with zero attached hydrogens (tertiary/aromatic N) is 4. The number of benzene rings is 1. The van der Waals surface area contributed by atoms with Gasteiger partial charge in [0, 0.05) is 21.1 Å². The number of anilines is 1. The number of aryl methyl sites for hydroxylation is 1. The number of aromatic nitrogens is 4. The number of nitrogens with one attached hydrogen (secondary N) is 1. The molecule has 0 spiro atoms. The molecule has 2 aromatic heterocycles. The van der Waals surface area contributed by atoms with E-state index >= 15 is 0 Å². The first-order valence-electron chi connectivity index (χ1n) is 9.00. The average molecular weight is 622 g/mol. The molecular weight excluding hydrogens is 598 g/mol. The molecule has 172 valence electrons. The number of nitrogens with two attached hydrogens (primary N) is 1. The first-order valence-corrected chi connectivity index (χ1v) is 10.9. The molecule has 31 heavy (non-hydrogen) atoms. The molecule has 0 aliphatic carbocycles. The van der Waals surface area contributed by atoms with Gasteiger partial charge in [0.25, 0.3) is 0 Å². The van der Waals surface area contributed by atoms with Gasteiger partial charge in [-0.3, -0.25) is 0 Å². The molecule has 13 heteroatoms. The minimum atomic E-state index is 0. The van der Waals surface area contributed by atoms with Crippen LogP contribution in [0.1, 0.15) is 20.3 Å². The Hall–Kier alpha value is -0.920. The molecule has 0 amide bonds. The molecule has 0 saturated heterocycles. The van der Waals surface area contributed by atoms with E-state index in [0.29, 0.717) is 17.4 Å². The second kappa shape index (κ2) is 12.4. The van der Waals surface area contributed by atoms with E-state index in [1.807, 2.05) is 12.1 Å². The Bertz CT molecular complexity index is 1020. The Kier molecular flexibility index (Phi) is 11.2. The Labute approximate surface area is 217 Å². The minimum absolute atomic E-state index is 0. The maximum absolute atomic E-state index is 6.04.